The summed E-state index contributed by atoms with van der Waals surface area (Å²) in [6.07, 6.45) is 2.04. The zero-order valence-electron chi connectivity index (χ0n) is 12.2. The molecule has 0 heterocycles. The van der Waals surface area contributed by atoms with E-state index in [1.54, 1.807) is 6.07 Å². The molecule has 0 saturated carbocycles. The lowest BCUT2D eigenvalue weighted by molar-refractivity contribution is -0.117. The van der Waals surface area contributed by atoms with E-state index in [4.69, 9.17) is 16.9 Å². The van der Waals surface area contributed by atoms with E-state index in [-0.39, 0.29) is 11.4 Å². The molecule has 0 unspecified atom stereocenters. The van der Waals surface area contributed by atoms with Crippen LogP contribution in [0, 0.1) is 17.1 Å². The summed E-state index contributed by atoms with van der Waals surface area (Å²) in [6, 6.07) is 14.8. The summed E-state index contributed by atoms with van der Waals surface area (Å²) in [4.78, 5) is 12.0. The number of nitrogens with one attached hydrogen (secondary N) is 1. The minimum atomic E-state index is -0.459. The topological polar surface area (TPSA) is 52.9 Å². The van der Waals surface area contributed by atoms with Crippen molar-refractivity contribution in [2.75, 3.05) is 6.54 Å². The van der Waals surface area contributed by atoms with Gasteiger partial charge in [-0.25, -0.2) is 4.39 Å². The average molecular weight is 329 g/mol. The van der Waals surface area contributed by atoms with Crippen LogP contribution in [0.1, 0.15) is 11.1 Å². The largest absolute Gasteiger partial charge is 0.351 e. The standard InChI is InChI=1S/C18H14ClFN2O/c19-16-3-1-2-13(11-16)8-9-22-18(23)15(12-21)10-14-4-6-17(20)7-5-14/h1-7,10-11H,8-9H2,(H,22,23). The fourth-order valence-corrected chi connectivity index (χ4v) is 2.20. The Kier molecular flexibility index (Phi) is 5.90. The van der Waals surface area contributed by atoms with Gasteiger partial charge in [-0.3, -0.25) is 4.79 Å². The first kappa shape index (κ1) is 16.7. The van der Waals surface area contributed by atoms with Crippen LogP contribution in [0.25, 0.3) is 6.08 Å². The van der Waals surface area contributed by atoms with E-state index >= 15 is 0 Å². The van der Waals surface area contributed by atoms with Crippen LogP contribution in [0.2, 0.25) is 5.02 Å². The number of carbonyl (C=O) groups is 1. The fraction of sp³-hybridized carbons (Fsp3) is 0.111. The van der Waals surface area contributed by atoms with Gasteiger partial charge in [-0.15, -0.1) is 0 Å². The van der Waals surface area contributed by atoms with E-state index in [1.165, 1.54) is 30.3 Å². The molecule has 3 nitrogen and oxygen atoms in total. The number of benzene rings is 2. The summed E-state index contributed by atoms with van der Waals surface area (Å²) in [5.74, 6) is -0.828. The van der Waals surface area contributed by atoms with Crippen molar-refractivity contribution in [3.8, 4) is 6.07 Å². The van der Waals surface area contributed by atoms with Gasteiger partial charge in [-0.05, 0) is 47.9 Å². The highest BCUT2D eigenvalue weighted by atomic mass is 35.5. The van der Waals surface area contributed by atoms with Gasteiger partial charge in [-0.2, -0.15) is 5.26 Å². The molecule has 0 aromatic heterocycles. The highest BCUT2D eigenvalue weighted by Crippen LogP contribution is 2.11. The van der Waals surface area contributed by atoms with Crippen LogP contribution < -0.4 is 5.32 Å². The smallest absolute Gasteiger partial charge is 0.261 e. The molecule has 2 aromatic rings. The third-order valence-corrected chi connectivity index (χ3v) is 3.37. The first-order chi connectivity index (χ1) is 11.1. The molecule has 0 fully saturated rings. The Balaban J connectivity index is 1.95. The van der Waals surface area contributed by atoms with Crippen LogP contribution in [0.15, 0.2) is 54.1 Å². The second-order valence-electron chi connectivity index (χ2n) is 4.86. The van der Waals surface area contributed by atoms with Crippen molar-refractivity contribution >= 4 is 23.6 Å². The van der Waals surface area contributed by atoms with Crippen molar-refractivity contribution in [3.63, 3.8) is 0 Å². The molecular weight excluding hydrogens is 315 g/mol. The van der Waals surface area contributed by atoms with E-state index in [2.05, 4.69) is 5.32 Å². The predicted octanol–water partition coefficient (Wildman–Crippen LogP) is 3.74. The van der Waals surface area contributed by atoms with Crippen LogP contribution in [0.4, 0.5) is 4.39 Å². The molecular formula is C18H14ClFN2O. The highest BCUT2D eigenvalue weighted by Gasteiger charge is 2.08. The lowest BCUT2D eigenvalue weighted by atomic mass is 10.1. The number of halogens is 2. The maximum Gasteiger partial charge on any atom is 0.261 e. The highest BCUT2D eigenvalue weighted by molar-refractivity contribution is 6.30. The van der Waals surface area contributed by atoms with Crippen LogP contribution in [-0.4, -0.2) is 12.5 Å². The first-order valence-corrected chi connectivity index (χ1v) is 7.36. The van der Waals surface area contributed by atoms with Crippen molar-refractivity contribution in [1.29, 1.82) is 5.26 Å². The monoisotopic (exact) mass is 328 g/mol. The molecule has 0 radical (unpaired) electrons. The third-order valence-electron chi connectivity index (χ3n) is 3.13. The van der Waals surface area contributed by atoms with E-state index in [9.17, 15) is 9.18 Å². The van der Waals surface area contributed by atoms with Gasteiger partial charge < -0.3 is 5.32 Å². The number of nitrogens with zero attached hydrogens (tertiary/aromatic N) is 1. The minimum absolute atomic E-state index is 0.0253. The molecule has 23 heavy (non-hydrogen) atoms. The van der Waals surface area contributed by atoms with Crippen molar-refractivity contribution in [1.82, 2.24) is 5.32 Å². The normalized spacial score (nSPS) is 10.9. The Labute approximate surface area is 139 Å². The van der Waals surface area contributed by atoms with Gasteiger partial charge in [0.25, 0.3) is 5.91 Å². The molecule has 116 valence electrons. The Hall–Kier alpha value is -2.64. The molecule has 0 aliphatic rings. The van der Waals surface area contributed by atoms with Gasteiger partial charge in [0.15, 0.2) is 0 Å². The molecule has 2 rings (SSSR count). The maximum atomic E-state index is 12.8. The van der Waals surface area contributed by atoms with E-state index in [0.29, 0.717) is 23.6 Å². The van der Waals surface area contributed by atoms with Crippen LogP contribution in [0.3, 0.4) is 0 Å². The first-order valence-electron chi connectivity index (χ1n) is 6.98. The van der Waals surface area contributed by atoms with Gasteiger partial charge >= 0.3 is 0 Å². The summed E-state index contributed by atoms with van der Waals surface area (Å²) < 4.78 is 12.8. The quantitative estimate of drug-likeness (QED) is 0.671. The van der Waals surface area contributed by atoms with Crippen LogP contribution >= 0.6 is 11.6 Å². The molecule has 0 bridgehead atoms. The summed E-state index contributed by atoms with van der Waals surface area (Å²) in [7, 11) is 0. The molecule has 5 heteroatoms. The Morgan fingerprint density at radius 3 is 2.65 bits per heavy atom. The molecule has 1 N–H and O–H groups in total. The van der Waals surface area contributed by atoms with Crippen molar-refractivity contribution < 1.29 is 9.18 Å². The molecule has 0 aliphatic carbocycles. The second kappa shape index (κ2) is 8.11. The van der Waals surface area contributed by atoms with Gasteiger partial charge in [0.1, 0.15) is 17.5 Å². The zero-order chi connectivity index (χ0) is 16.7. The molecule has 0 spiro atoms. The molecule has 0 saturated heterocycles. The second-order valence-corrected chi connectivity index (χ2v) is 5.29. The third kappa shape index (κ3) is 5.24. The number of rotatable bonds is 5. The van der Waals surface area contributed by atoms with E-state index in [0.717, 1.165) is 5.56 Å². The van der Waals surface area contributed by atoms with Crippen molar-refractivity contribution in [2.24, 2.45) is 0 Å². The molecule has 1 amide bonds. The summed E-state index contributed by atoms with van der Waals surface area (Å²) in [5.41, 5.74) is 1.56. The fourth-order valence-electron chi connectivity index (χ4n) is 1.98. The Bertz CT molecular complexity index is 763. The van der Waals surface area contributed by atoms with Gasteiger partial charge in [-0.1, -0.05) is 35.9 Å². The number of amides is 1. The summed E-state index contributed by atoms with van der Waals surface area (Å²) in [6.45, 7) is 0.390. The van der Waals surface area contributed by atoms with Gasteiger partial charge in [0, 0.05) is 11.6 Å². The van der Waals surface area contributed by atoms with Crippen LogP contribution in [0.5, 0.6) is 0 Å². The minimum Gasteiger partial charge on any atom is -0.351 e. The lowest BCUT2D eigenvalue weighted by Gasteiger charge is -2.05. The lowest BCUT2D eigenvalue weighted by Crippen LogP contribution is -2.26. The Morgan fingerprint density at radius 2 is 2.00 bits per heavy atom. The van der Waals surface area contributed by atoms with Gasteiger partial charge in [0.2, 0.25) is 0 Å². The summed E-state index contributed by atoms with van der Waals surface area (Å²) in [5, 5.41) is 12.4. The van der Waals surface area contributed by atoms with E-state index in [1.807, 2.05) is 24.3 Å². The van der Waals surface area contributed by atoms with E-state index < -0.39 is 5.91 Å². The zero-order valence-corrected chi connectivity index (χ0v) is 13.0. The molecule has 0 aliphatic heterocycles. The number of carbonyl (C=O) groups excluding carboxylic acids is 1. The predicted molar refractivity (Wildman–Crippen MR) is 88.2 cm³/mol. The van der Waals surface area contributed by atoms with Gasteiger partial charge in [0.05, 0.1) is 0 Å². The maximum absolute atomic E-state index is 12.8. The number of hydrogen-bond acceptors (Lipinski definition) is 2. The Morgan fingerprint density at radius 1 is 1.26 bits per heavy atom. The molecule has 2 aromatic carbocycles. The SMILES string of the molecule is N#CC(=Cc1ccc(F)cc1)C(=O)NCCc1cccc(Cl)c1. The number of hydrogen-bond donors (Lipinski definition) is 1. The number of nitriles is 1. The van der Waals surface area contributed by atoms with Crippen molar-refractivity contribution in [2.45, 2.75) is 6.42 Å². The average Bonchev–Trinajstić information content (AvgIpc) is 2.54. The summed E-state index contributed by atoms with van der Waals surface area (Å²) >= 11 is 5.89. The van der Waals surface area contributed by atoms with Crippen molar-refractivity contribution in [3.05, 3.63) is 76.1 Å². The molecule has 0 atom stereocenters. The van der Waals surface area contributed by atoms with Crippen LogP contribution in [-0.2, 0) is 11.2 Å².